The molecule has 26 heavy (non-hydrogen) atoms. The summed E-state index contributed by atoms with van der Waals surface area (Å²) in [5.41, 5.74) is 2.93. The summed E-state index contributed by atoms with van der Waals surface area (Å²) in [6.07, 6.45) is 1.26. The molecule has 3 aromatic heterocycles. The summed E-state index contributed by atoms with van der Waals surface area (Å²) < 4.78 is 0. The minimum Gasteiger partial charge on any atom is -0.392 e. The fourth-order valence-corrected chi connectivity index (χ4v) is 3.70. The standard InChI is InChI=1S/C20H18N4OS/c1-13(25)11-22-19-17-15(14-7-3-2-4-8-14)12-26-20(17)24-18(23-19)16-9-5-6-10-21-16/h2-10,12-13,25H,11H2,1H3,(H,22,23,24)/t13-/m1/s1. The van der Waals surface area contributed by atoms with Crippen LogP contribution in [0.1, 0.15) is 6.92 Å². The Labute approximate surface area is 155 Å². The van der Waals surface area contributed by atoms with E-state index in [1.807, 2.05) is 36.4 Å². The number of anilines is 1. The molecule has 0 bridgehead atoms. The van der Waals surface area contributed by atoms with Gasteiger partial charge >= 0.3 is 0 Å². The van der Waals surface area contributed by atoms with E-state index in [0.717, 1.165) is 32.9 Å². The average molecular weight is 362 g/mol. The fourth-order valence-electron chi connectivity index (χ4n) is 2.75. The number of hydrogen-bond donors (Lipinski definition) is 2. The van der Waals surface area contributed by atoms with E-state index >= 15 is 0 Å². The Morgan fingerprint density at radius 1 is 1.08 bits per heavy atom. The summed E-state index contributed by atoms with van der Waals surface area (Å²) in [7, 11) is 0. The summed E-state index contributed by atoms with van der Waals surface area (Å²) in [5.74, 6) is 1.30. The highest BCUT2D eigenvalue weighted by Gasteiger charge is 2.16. The van der Waals surface area contributed by atoms with Gasteiger partial charge in [0.2, 0.25) is 0 Å². The highest BCUT2D eigenvalue weighted by Crippen LogP contribution is 2.37. The number of aliphatic hydroxyl groups excluding tert-OH is 1. The molecule has 130 valence electrons. The number of fused-ring (bicyclic) bond motifs is 1. The van der Waals surface area contributed by atoms with Crippen LogP contribution in [0.5, 0.6) is 0 Å². The molecular weight excluding hydrogens is 344 g/mol. The summed E-state index contributed by atoms with van der Waals surface area (Å²) >= 11 is 1.58. The second kappa shape index (κ2) is 7.19. The number of nitrogens with one attached hydrogen (secondary N) is 1. The Hall–Kier alpha value is -2.83. The average Bonchev–Trinajstić information content (AvgIpc) is 3.11. The van der Waals surface area contributed by atoms with E-state index in [-0.39, 0.29) is 0 Å². The number of benzene rings is 1. The molecule has 4 rings (SSSR count). The monoisotopic (exact) mass is 362 g/mol. The van der Waals surface area contributed by atoms with Crippen LogP contribution < -0.4 is 5.32 Å². The summed E-state index contributed by atoms with van der Waals surface area (Å²) in [6.45, 7) is 2.16. The van der Waals surface area contributed by atoms with E-state index in [9.17, 15) is 5.11 Å². The van der Waals surface area contributed by atoms with Gasteiger partial charge in [-0.3, -0.25) is 4.98 Å². The molecule has 0 aliphatic rings. The summed E-state index contributed by atoms with van der Waals surface area (Å²) in [6, 6.07) is 15.9. The van der Waals surface area contributed by atoms with Gasteiger partial charge in [0, 0.05) is 23.7 Å². The van der Waals surface area contributed by atoms with Crippen LogP contribution in [-0.4, -0.2) is 32.7 Å². The molecule has 0 saturated carbocycles. The molecule has 0 spiro atoms. The normalized spacial score (nSPS) is 12.2. The van der Waals surface area contributed by atoms with Crippen LogP contribution in [0.3, 0.4) is 0 Å². The third-order valence-electron chi connectivity index (χ3n) is 3.98. The van der Waals surface area contributed by atoms with Crippen molar-refractivity contribution in [3.8, 4) is 22.6 Å². The van der Waals surface area contributed by atoms with Gasteiger partial charge in [-0.1, -0.05) is 36.4 Å². The number of pyridine rings is 1. The molecule has 2 N–H and O–H groups in total. The van der Waals surface area contributed by atoms with Crippen molar-refractivity contribution in [2.45, 2.75) is 13.0 Å². The molecule has 1 atom stereocenters. The smallest absolute Gasteiger partial charge is 0.181 e. The van der Waals surface area contributed by atoms with Gasteiger partial charge in [0.1, 0.15) is 16.3 Å². The molecule has 0 fully saturated rings. The van der Waals surface area contributed by atoms with Crippen molar-refractivity contribution in [3.63, 3.8) is 0 Å². The van der Waals surface area contributed by atoms with Crippen LogP contribution >= 0.6 is 11.3 Å². The van der Waals surface area contributed by atoms with Crippen molar-refractivity contribution in [1.82, 2.24) is 15.0 Å². The van der Waals surface area contributed by atoms with Crippen molar-refractivity contribution < 1.29 is 5.11 Å². The molecule has 0 unspecified atom stereocenters. The number of hydrogen-bond acceptors (Lipinski definition) is 6. The maximum Gasteiger partial charge on any atom is 0.181 e. The topological polar surface area (TPSA) is 70.9 Å². The molecule has 3 heterocycles. The van der Waals surface area contributed by atoms with Crippen LogP contribution in [0.25, 0.3) is 32.9 Å². The summed E-state index contributed by atoms with van der Waals surface area (Å²) in [5, 5.41) is 16.0. The second-order valence-corrected chi connectivity index (χ2v) is 6.89. The zero-order chi connectivity index (χ0) is 17.9. The molecule has 4 aromatic rings. The third kappa shape index (κ3) is 3.29. The maximum absolute atomic E-state index is 9.69. The molecule has 0 aliphatic heterocycles. The molecule has 6 heteroatoms. The van der Waals surface area contributed by atoms with Gasteiger partial charge in [-0.05, 0) is 24.6 Å². The van der Waals surface area contributed by atoms with Gasteiger partial charge < -0.3 is 10.4 Å². The van der Waals surface area contributed by atoms with Crippen LogP contribution in [-0.2, 0) is 0 Å². The lowest BCUT2D eigenvalue weighted by molar-refractivity contribution is 0.208. The van der Waals surface area contributed by atoms with Crippen molar-refractivity contribution >= 4 is 27.4 Å². The highest BCUT2D eigenvalue weighted by molar-refractivity contribution is 7.17. The minimum absolute atomic E-state index is 0.415. The molecule has 5 nitrogen and oxygen atoms in total. The van der Waals surface area contributed by atoms with Crippen LogP contribution in [0, 0.1) is 0 Å². The number of nitrogens with zero attached hydrogens (tertiary/aromatic N) is 3. The minimum atomic E-state index is -0.475. The molecule has 1 aromatic carbocycles. The molecule has 0 amide bonds. The predicted molar refractivity (Wildman–Crippen MR) is 106 cm³/mol. The van der Waals surface area contributed by atoms with Gasteiger partial charge in [-0.15, -0.1) is 11.3 Å². The first-order chi connectivity index (χ1) is 12.7. The first-order valence-corrected chi connectivity index (χ1v) is 9.28. The molecule has 0 saturated heterocycles. The lowest BCUT2D eigenvalue weighted by atomic mass is 10.1. The number of aromatic nitrogens is 3. The van der Waals surface area contributed by atoms with Gasteiger partial charge in [0.25, 0.3) is 0 Å². The molecule has 0 radical (unpaired) electrons. The SMILES string of the molecule is C[C@@H](O)CNc1nc(-c2ccccn2)nc2scc(-c3ccccc3)c12. The summed E-state index contributed by atoms with van der Waals surface area (Å²) in [4.78, 5) is 14.7. The quantitative estimate of drug-likeness (QED) is 0.556. The molecule has 0 aliphatic carbocycles. The van der Waals surface area contributed by atoms with E-state index in [1.54, 1.807) is 24.5 Å². The Balaban J connectivity index is 1.89. The van der Waals surface area contributed by atoms with Crippen molar-refractivity contribution in [2.24, 2.45) is 0 Å². The van der Waals surface area contributed by atoms with E-state index in [0.29, 0.717) is 12.4 Å². The predicted octanol–water partition coefficient (Wildman–Crippen LogP) is 4.21. The van der Waals surface area contributed by atoms with Gasteiger partial charge in [-0.25, -0.2) is 9.97 Å². The first kappa shape index (κ1) is 16.6. The van der Waals surface area contributed by atoms with Gasteiger partial charge in [-0.2, -0.15) is 0 Å². The lowest BCUT2D eigenvalue weighted by Crippen LogP contribution is -2.16. The Kier molecular flexibility index (Phi) is 4.60. The van der Waals surface area contributed by atoms with Crippen LogP contribution in [0.2, 0.25) is 0 Å². The lowest BCUT2D eigenvalue weighted by Gasteiger charge is -2.11. The van der Waals surface area contributed by atoms with Gasteiger partial charge in [0.05, 0.1) is 11.5 Å². The van der Waals surface area contributed by atoms with Crippen molar-refractivity contribution in [1.29, 1.82) is 0 Å². The largest absolute Gasteiger partial charge is 0.392 e. The van der Waals surface area contributed by atoms with Crippen molar-refractivity contribution in [2.75, 3.05) is 11.9 Å². The zero-order valence-corrected chi connectivity index (χ0v) is 15.1. The Bertz CT molecular complexity index is 1020. The van der Waals surface area contributed by atoms with E-state index in [1.165, 1.54) is 0 Å². The zero-order valence-electron chi connectivity index (χ0n) is 14.3. The first-order valence-electron chi connectivity index (χ1n) is 8.40. The Morgan fingerprint density at radius 3 is 2.62 bits per heavy atom. The number of aliphatic hydroxyl groups is 1. The number of thiophene rings is 1. The van der Waals surface area contributed by atoms with Crippen molar-refractivity contribution in [3.05, 3.63) is 60.1 Å². The maximum atomic E-state index is 9.69. The fraction of sp³-hybridized carbons (Fsp3) is 0.150. The van der Waals surface area contributed by atoms with Crippen LogP contribution in [0.15, 0.2) is 60.1 Å². The second-order valence-electron chi connectivity index (χ2n) is 6.04. The van der Waals surface area contributed by atoms with E-state index in [4.69, 9.17) is 9.97 Å². The van der Waals surface area contributed by atoms with E-state index < -0.39 is 6.10 Å². The number of rotatable bonds is 5. The highest BCUT2D eigenvalue weighted by atomic mass is 32.1. The molecular formula is C20H18N4OS. The van der Waals surface area contributed by atoms with Gasteiger partial charge in [0.15, 0.2) is 5.82 Å². The van der Waals surface area contributed by atoms with Crippen LogP contribution in [0.4, 0.5) is 5.82 Å². The Morgan fingerprint density at radius 2 is 1.88 bits per heavy atom. The third-order valence-corrected chi connectivity index (χ3v) is 4.85. The van der Waals surface area contributed by atoms with E-state index in [2.05, 4.69) is 27.8 Å².